The number of hydrogen-bond acceptors (Lipinski definition) is 7. The Hall–Kier alpha value is -1.80. The van der Waals surface area contributed by atoms with Gasteiger partial charge in [0.25, 0.3) is 0 Å². The van der Waals surface area contributed by atoms with E-state index in [-0.39, 0.29) is 0 Å². The first-order chi connectivity index (χ1) is 11.6. The number of pyridine rings is 1. The normalized spacial score (nSPS) is 26.8. The van der Waals surface area contributed by atoms with E-state index >= 15 is 0 Å². The summed E-state index contributed by atoms with van der Waals surface area (Å²) in [5, 5.41) is 29.4. The largest absolute Gasteiger partial charge is 0.496 e. The van der Waals surface area contributed by atoms with Crippen molar-refractivity contribution in [1.29, 1.82) is 0 Å². The van der Waals surface area contributed by atoms with Crippen LogP contribution >= 0.6 is 11.8 Å². The molecule has 2 heterocycles. The van der Waals surface area contributed by atoms with Gasteiger partial charge in [-0.25, -0.2) is 0 Å². The summed E-state index contributed by atoms with van der Waals surface area (Å²) in [6.07, 6.45) is 0.0520. The van der Waals surface area contributed by atoms with Gasteiger partial charge in [-0.05, 0) is 23.8 Å². The summed E-state index contributed by atoms with van der Waals surface area (Å²) < 4.78 is 11.1. The first-order valence-corrected chi connectivity index (χ1v) is 8.56. The lowest BCUT2D eigenvalue weighted by Gasteiger charge is -2.34. The van der Waals surface area contributed by atoms with Gasteiger partial charge in [-0.3, -0.25) is 4.98 Å². The molecule has 1 aromatic heterocycles. The molecular weight excluding hydrogens is 330 g/mol. The number of benzene rings is 1. The Morgan fingerprint density at radius 3 is 2.79 bits per heavy atom. The van der Waals surface area contributed by atoms with Gasteiger partial charge < -0.3 is 24.8 Å². The fourth-order valence-corrected chi connectivity index (χ4v) is 3.65. The van der Waals surface area contributed by atoms with Crippen molar-refractivity contribution in [2.45, 2.75) is 23.7 Å². The highest BCUT2D eigenvalue weighted by atomic mass is 32.2. The molecule has 4 atom stereocenters. The molecule has 1 aromatic carbocycles. The predicted molar refractivity (Wildman–Crippen MR) is 91.1 cm³/mol. The number of nitrogens with zero attached hydrogens (tertiary/aromatic N) is 1. The van der Waals surface area contributed by atoms with E-state index in [2.05, 4.69) is 4.98 Å². The van der Waals surface area contributed by atoms with E-state index in [4.69, 9.17) is 9.47 Å². The van der Waals surface area contributed by atoms with Crippen LogP contribution in [0.2, 0.25) is 0 Å². The summed E-state index contributed by atoms with van der Waals surface area (Å²) in [7, 11) is 1.60. The van der Waals surface area contributed by atoms with Gasteiger partial charge in [-0.2, -0.15) is 0 Å². The summed E-state index contributed by atoms with van der Waals surface area (Å²) >= 11 is 1.27. The molecule has 128 valence electrons. The van der Waals surface area contributed by atoms with Crippen molar-refractivity contribution in [2.75, 3.05) is 12.9 Å². The van der Waals surface area contributed by atoms with Crippen molar-refractivity contribution in [3.8, 4) is 22.6 Å². The lowest BCUT2D eigenvalue weighted by atomic mass is 10.1. The second-order valence-electron chi connectivity index (χ2n) is 5.47. The van der Waals surface area contributed by atoms with Crippen LogP contribution in [-0.2, 0) is 0 Å². The average molecular weight is 349 g/mol. The standard InChI is InChI=1S/C17H19NO5S/c1-22-14-5-6-18-8-12(14)10-3-2-4-11(7-10)23-17-16(21)15(20)13(19)9-24-17/h2-8,13,15-17,19-21H,9H2,1H3/t13-,15+,16-,17-/m1/s1. The van der Waals surface area contributed by atoms with E-state index in [1.807, 2.05) is 18.2 Å². The smallest absolute Gasteiger partial charge is 0.173 e. The summed E-state index contributed by atoms with van der Waals surface area (Å²) in [5.41, 5.74) is 1.06. The number of rotatable bonds is 4. The zero-order valence-electron chi connectivity index (χ0n) is 13.1. The zero-order chi connectivity index (χ0) is 17.1. The Morgan fingerprint density at radius 2 is 2.00 bits per heavy atom. The van der Waals surface area contributed by atoms with Gasteiger partial charge in [0.2, 0.25) is 0 Å². The molecule has 2 aromatic rings. The summed E-state index contributed by atoms with van der Waals surface area (Å²) in [5.74, 6) is 1.56. The second-order valence-corrected chi connectivity index (χ2v) is 6.60. The first-order valence-electron chi connectivity index (χ1n) is 7.51. The second kappa shape index (κ2) is 7.40. The zero-order valence-corrected chi connectivity index (χ0v) is 13.9. The van der Waals surface area contributed by atoms with Crippen LogP contribution in [0, 0.1) is 0 Å². The van der Waals surface area contributed by atoms with Crippen LogP contribution in [0.15, 0.2) is 42.7 Å². The van der Waals surface area contributed by atoms with Crippen molar-refractivity contribution in [2.24, 2.45) is 0 Å². The van der Waals surface area contributed by atoms with E-state index in [0.717, 1.165) is 11.1 Å². The highest BCUT2D eigenvalue weighted by Crippen LogP contribution is 2.33. The number of aliphatic hydroxyl groups is 3. The molecule has 7 heteroatoms. The Kier molecular flexibility index (Phi) is 5.25. The van der Waals surface area contributed by atoms with Crippen molar-refractivity contribution >= 4 is 11.8 Å². The molecule has 0 amide bonds. The maximum Gasteiger partial charge on any atom is 0.173 e. The van der Waals surface area contributed by atoms with Gasteiger partial charge in [0.15, 0.2) is 5.44 Å². The van der Waals surface area contributed by atoms with Crippen LogP contribution in [-0.4, -0.2) is 56.9 Å². The van der Waals surface area contributed by atoms with Gasteiger partial charge >= 0.3 is 0 Å². The Balaban J connectivity index is 1.81. The highest BCUT2D eigenvalue weighted by Gasteiger charge is 2.38. The Bertz CT molecular complexity index is 698. The number of thioether (sulfide) groups is 1. The third-order valence-electron chi connectivity index (χ3n) is 3.85. The lowest BCUT2D eigenvalue weighted by molar-refractivity contribution is -0.0786. The van der Waals surface area contributed by atoms with Crippen LogP contribution in [0.25, 0.3) is 11.1 Å². The van der Waals surface area contributed by atoms with E-state index in [1.54, 1.807) is 31.6 Å². The average Bonchev–Trinajstić information content (AvgIpc) is 2.62. The molecule has 0 saturated carbocycles. The summed E-state index contributed by atoms with van der Waals surface area (Å²) in [6, 6.07) is 9.13. The van der Waals surface area contributed by atoms with Crippen molar-refractivity contribution < 1.29 is 24.8 Å². The van der Waals surface area contributed by atoms with Gasteiger partial charge in [0, 0.05) is 23.7 Å². The fourth-order valence-electron chi connectivity index (χ4n) is 2.53. The molecule has 6 nitrogen and oxygen atoms in total. The third kappa shape index (κ3) is 3.49. The first kappa shape index (κ1) is 17.0. The number of aromatic nitrogens is 1. The third-order valence-corrected chi connectivity index (χ3v) is 5.09. The number of ether oxygens (including phenoxy) is 2. The molecule has 24 heavy (non-hydrogen) atoms. The van der Waals surface area contributed by atoms with Crippen LogP contribution in [0.3, 0.4) is 0 Å². The Morgan fingerprint density at radius 1 is 1.17 bits per heavy atom. The quantitative estimate of drug-likeness (QED) is 0.766. The molecule has 0 spiro atoms. The van der Waals surface area contributed by atoms with Gasteiger partial charge in [-0.15, -0.1) is 11.8 Å². The minimum Gasteiger partial charge on any atom is -0.496 e. The van der Waals surface area contributed by atoms with Crippen molar-refractivity contribution in [1.82, 2.24) is 4.98 Å². The van der Waals surface area contributed by atoms with E-state index in [0.29, 0.717) is 17.3 Å². The maximum absolute atomic E-state index is 10.1. The fraction of sp³-hybridized carbons (Fsp3) is 0.353. The number of aliphatic hydroxyl groups excluding tert-OH is 3. The summed E-state index contributed by atoms with van der Waals surface area (Å²) in [6.45, 7) is 0. The molecule has 0 bridgehead atoms. The van der Waals surface area contributed by atoms with Gasteiger partial charge in [0.05, 0.1) is 13.2 Å². The molecule has 0 radical (unpaired) electrons. The molecule has 3 N–H and O–H groups in total. The minimum absolute atomic E-state index is 0.305. The van der Waals surface area contributed by atoms with Crippen LogP contribution in [0.5, 0.6) is 11.5 Å². The highest BCUT2D eigenvalue weighted by molar-refractivity contribution is 7.99. The SMILES string of the molecule is COc1ccncc1-c1cccc(O[C@@H]2SC[C@@H](O)[C@H](O)[C@H]2O)c1. The molecule has 1 fully saturated rings. The molecule has 1 aliphatic heterocycles. The number of hydrogen-bond donors (Lipinski definition) is 3. The van der Waals surface area contributed by atoms with Crippen molar-refractivity contribution in [3.63, 3.8) is 0 Å². The summed E-state index contributed by atoms with van der Waals surface area (Å²) in [4.78, 5) is 4.12. The van der Waals surface area contributed by atoms with E-state index in [1.165, 1.54) is 11.8 Å². The molecule has 1 saturated heterocycles. The van der Waals surface area contributed by atoms with Crippen LogP contribution in [0.1, 0.15) is 0 Å². The van der Waals surface area contributed by atoms with Gasteiger partial charge in [0.1, 0.15) is 23.7 Å². The van der Waals surface area contributed by atoms with Crippen molar-refractivity contribution in [3.05, 3.63) is 42.7 Å². The number of methoxy groups -OCH3 is 1. The minimum atomic E-state index is -1.21. The van der Waals surface area contributed by atoms with E-state index < -0.39 is 23.7 Å². The monoisotopic (exact) mass is 349 g/mol. The Labute approximate surface area is 144 Å². The van der Waals surface area contributed by atoms with E-state index in [9.17, 15) is 15.3 Å². The van der Waals surface area contributed by atoms with Gasteiger partial charge in [-0.1, -0.05) is 12.1 Å². The van der Waals surface area contributed by atoms with Crippen LogP contribution < -0.4 is 9.47 Å². The molecule has 0 unspecified atom stereocenters. The topological polar surface area (TPSA) is 92.0 Å². The molecule has 0 aliphatic carbocycles. The lowest BCUT2D eigenvalue weighted by Crippen LogP contribution is -2.50. The maximum atomic E-state index is 10.1. The molecular formula is C17H19NO5S. The molecule has 1 aliphatic rings. The molecule has 3 rings (SSSR count). The predicted octanol–water partition coefficient (Wildman–Crippen LogP) is 1.29. The van der Waals surface area contributed by atoms with Crippen LogP contribution in [0.4, 0.5) is 0 Å².